The Balaban J connectivity index is 1.76. The van der Waals surface area contributed by atoms with Crippen LogP contribution in [0.3, 0.4) is 0 Å². The summed E-state index contributed by atoms with van der Waals surface area (Å²) in [4.78, 5) is 10.7. The Morgan fingerprint density at radius 2 is 2.04 bits per heavy atom. The number of fused-ring (bicyclic) bond motifs is 2. The van der Waals surface area contributed by atoms with Gasteiger partial charge in [-0.3, -0.25) is 4.79 Å². The van der Waals surface area contributed by atoms with Gasteiger partial charge in [0.1, 0.15) is 0 Å². The zero-order chi connectivity index (χ0) is 18.9. The van der Waals surface area contributed by atoms with Crippen LogP contribution in [0.15, 0.2) is 12.2 Å². The maximum Gasteiger partial charge on any atom is 0.303 e. The lowest BCUT2D eigenvalue weighted by molar-refractivity contribution is -0.137. The highest BCUT2D eigenvalue weighted by Gasteiger charge is 2.47. The first kappa shape index (κ1) is 21.8. The molecular formula is C21H36O4S. The van der Waals surface area contributed by atoms with Crippen LogP contribution in [-0.2, 0) is 9.53 Å². The summed E-state index contributed by atoms with van der Waals surface area (Å²) >= 11 is 1.88. The fourth-order valence-corrected chi connectivity index (χ4v) is 5.32. The number of carbonyl (C=O) groups is 1. The lowest BCUT2D eigenvalue weighted by Gasteiger charge is -2.26. The minimum atomic E-state index is -0.707. The number of carboxylic acids is 1. The third kappa shape index (κ3) is 6.90. The molecule has 2 unspecified atom stereocenters. The molecule has 4 nitrogen and oxygen atoms in total. The molecule has 0 aromatic heterocycles. The molecule has 26 heavy (non-hydrogen) atoms. The molecule has 2 aliphatic rings. The van der Waals surface area contributed by atoms with Crippen LogP contribution in [0.4, 0.5) is 0 Å². The highest BCUT2D eigenvalue weighted by molar-refractivity contribution is 7.99. The van der Waals surface area contributed by atoms with Crippen molar-refractivity contribution in [1.82, 2.24) is 0 Å². The molecule has 2 bridgehead atoms. The highest BCUT2D eigenvalue weighted by atomic mass is 32.2. The van der Waals surface area contributed by atoms with Crippen LogP contribution < -0.4 is 0 Å². The van der Waals surface area contributed by atoms with Crippen LogP contribution in [0.1, 0.15) is 71.6 Å². The standard InChI is InChI=1S/C21H36O4S/c1-3-4-5-6-16(22)8-9-17-18(20-11-10-19(17)25-20)13-14-26-15(2)7-12-21(23)24/h8-9,15-20,22H,3-7,10-14H2,1-2H3,(H,23,24)/t15-,16?,17+,18-,19?,20-/m1/s1. The predicted molar refractivity (Wildman–Crippen MR) is 108 cm³/mol. The number of aliphatic hydroxyl groups excluding tert-OH is 1. The summed E-state index contributed by atoms with van der Waals surface area (Å²) in [6.07, 6.45) is 13.3. The maximum atomic E-state index is 10.7. The molecule has 0 amide bonds. The fourth-order valence-electron chi connectivity index (χ4n) is 4.23. The average Bonchev–Trinajstić information content (AvgIpc) is 3.20. The van der Waals surface area contributed by atoms with Gasteiger partial charge in [-0.1, -0.05) is 45.3 Å². The number of aliphatic carboxylic acids is 1. The summed E-state index contributed by atoms with van der Waals surface area (Å²) in [6.45, 7) is 4.30. The van der Waals surface area contributed by atoms with Gasteiger partial charge in [0.25, 0.3) is 0 Å². The summed E-state index contributed by atoms with van der Waals surface area (Å²) in [5, 5.41) is 19.3. The van der Waals surface area contributed by atoms with E-state index >= 15 is 0 Å². The third-order valence-electron chi connectivity index (χ3n) is 5.76. The molecule has 0 radical (unpaired) electrons. The largest absolute Gasteiger partial charge is 0.481 e. The predicted octanol–water partition coefficient (Wildman–Crippen LogP) is 4.65. The van der Waals surface area contributed by atoms with Crippen molar-refractivity contribution in [2.45, 2.75) is 95.2 Å². The van der Waals surface area contributed by atoms with Gasteiger partial charge in [0, 0.05) is 17.6 Å². The number of thioether (sulfide) groups is 1. The van der Waals surface area contributed by atoms with Gasteiger partial charge in [-0.2, -0.15) is 11.8 Å². The topological polar surface area (TPSA) is 66.8 Å². The molecule has 6 atom stereocenters. The van der Waals surface area contributed by atoms with Crippen molar-refractivity contribution in [1.29, 1.82) is 0 Å². The molecule has 0 saturated carbocycles. The van der Waals surface area contributed by atoms with Crippen molar-refractivity contribution in [3.05, 3.63) is 12.2 Å². The summed E-state index contributed by atoms with van der Waals surface area (Å²) in [6, 6.07) is 0. The molecule has 5 heteroatoms. The van der Waals surface area contributed by atoms with E-state index in [4.69, 9.17) is 9.84 Å². The summed E-state index contributed by atoms with van der Waals surface area (Å²) in [5.41, 5.74) is 0. The fraction of sp³-hybridized carbons (Fsp3) is 0.857. The van der Waals surface area contributed by atoms with Gasteiger partial charge in [-0.15, -0.1) is 0 Å². The second kappa shape index (κ2) is 11.4. The average molecular weight is 385 g/mol. The minimum absolute atomic E-state index is 0.257. The van der Waals surface area contributed by atoms with Gasteiger partial charge in [0.2, 0.25) is 0 Å². The Bertz CT molecular complexity index is 453. The van der Waals surface area contributed by atoms with Gasteiger partial charge in [0.15, 0.2) is 0 Å². The monoisotopic (exact) mass is 384 g/mol. The Labute approximate surface area is 162 Å². The minimum Gasteiger partial charge on any atom is -0.481 e. The zero-order valence-electron chi connectivity index (χ0n) is 16.3. The lowest BCUT2D eigenvalue weighted by atomic mass is 9.77. The van der Waals surface area contributed by atoms with E-state index in [-0.39, 0.29) is 12.5 Å². The van der Waals surface area contributed by atoms with Gasteiger partial charge < -0.3 is 14.9 Å². The van der Waals surface area contributed by atoms with Crippen LogP contribution in [-0.4, -0.2) is 45.5 Å². The number of hydrogen-bond acceptors (Lipinski definition) is 4. The molecule has 0 aromatic carbocycles. The van der Waals surface area contributed by atoms with Crippen molar-refractivity contribution < 1.29 is 19.7 Å². The van der Waals surface area contributed by atoms with Crippen molar-refractivity contribution in [2.24, 2.45) is 11.8 Å². The first-order valence-corrected chi connectivity index (χ1v) is 11.4. The van der Waals surface area contributed by atoms with E-state index < -0.39 is 5.97 Å². The van der Waals surface area contributed by atoms with E-state index in [9.17, 15) is 9.90 Å². The van der Waals surface area contributed by atoms with Gasteiger partial charge in [-0.25, -0.2) is 0 Å². The van der Waals surface area contributed by atoms with Crippen molar-refractivity contribution in [2.75, 3.05) is 5.75 Å². The SMILES string of the molecule is CCCCCC(O)C=C[C@@H]1C2CC[C@@H](O2)[C@@H]1CCS[C@H](C)CCC(=O)O. The molecule has 0 aromatic rings. The second-order valence-corrected chi connectivity index (χ2v) is 9.43. The first-order chi connectivity index (χ1) is 12.5. The number of ether oxygens (including phenoxy) is 1. The zero-order valence-corrected chi connectivity index (χ0v) is 17.1. The van der Waals surface area contributed by atoms with Crippen LogP contribution in [0, 0.1) is 11.8 Å². The summed E-state index contributed by atoms with van der Waals surface area (Å²) in [5.74, 6) is 1.33. The van der Waals surface area contributed by atoms with Crippen molar-refractivity contribution in [3.8, 4) is 0 Å². The summed E-state index contributed by atoms with van der Waals surface area (Å²) in [7, 11) is 0. The normalized spacial score (nSPS) is 30.1. The van der Waals surface area contributed by atoms with Crippen molar-refractivity contribution >= 4 is 17.7 Å². The van der Waals surface area contributed by atoms with E-state index in [2.05, 4.69) is 19.9 Å². The van der Waals surface area contributed by atoms with Crippen LogP contribution >= 0.6 is 11.8 Å². The second-order valence-electron chi connectivity index (χ2n) is 7.88. The van der Waals surface area contributed by atoms with Crippen LogP contribution in [0.25, 0.3) is 0 Å². The number of hydrogen-bond donors (Lipinski definition) is 2. The Morgan fingerprint density at radius 1 is 1.27 bits per heavy atom. The van der Waals surface area contributed by atoms with E-state index in [0.29, 0.717) is 29.3 Å². The van der Waals surface area contributed by atoms with Crippen LogP contribution in [0.5, 0.6) is 0 Å². The highest BCUT2D eigenvalue weighted by Crippen LogP contribution is 2.46. The van der Waals surface area contributed by atoms with E-state index in [1.807, 2.05) is 17.8 Å². The van der Waals surface area contributed by atoms with E-state index in [1.54, 1.807) is 0 Å². The molecular weight excluding hydrogens is 348 g/mol. The third-order valence-corrected chi connectivity index (χ3v) is 7.04. The van der Waals surface area contributed by atoms with Gasteiger partial charge in [-0.05, 0) is 43.8 Å². The number of rotatable bonds is 13. The van der Waals surface area contributed by atoms with Crippen LogP contribution in [0.2, 0.25) is 0 Å². The maximum absolute atomic E-state index is 10.7. The Morgan fingerprint density at radius 3 is 2.77 bits per heavy atom. The smallest absolute Gasteiger partial charge is 0.303 e. The van der Waals surface area contributed by atoms with Crippen molar-refractivity contribution in [3.63, 3.8) is 0 Å². The molecule has 150 valence electrons. The molecule has 2 saturated heterocycles. The summed E-state index contributed by atoms with van der Waals surface area (Å²) < 4.78 is 6.14. The van der Waals surface area contributed by atoms with Gasteiger partial charge >= 0.3 is 5.97 Å². The quantitative estimate of drug-likeness (QED) is 0.357. The van der Waals surface area contributed by atoms with Gasteiger partial charge in [0.05, 0.1) is 18.3 Å². The number of carboxylic acid groups (broad SMARTS) is 1. The van der Waals surface area contributed by atoms with E-state index in [0.717, 1.165) is 44.3 Å². The molecule has 2 N–H and O–H groups in total. The molecule has 2 aliphatic heterocycles. The molecule has 2 heterocycles. The molecule has 0 spiro atoms. The molecule has 0 aliphatic carbocycles. The lowest BCUT2D eigenvalue weighted by Crippen LogP contribution is -2.26. The Kier molecular flexibility index (Phi) is 9.51. The first-order valence-electron chi connectivity index (χ1n) is 10.4. The number of aliphatic hydroxyl groups is 1. The molecule has 2 rings (SSSR count). The Hall–Kier alpha value is -0.520. The van der Waals surface area contributed by atoms with E-state index in [1.165, 1.54) is 12.8 Å². The molecule has 2 fully saturated rings. The number of unbranched alkanes of at least 4 members (excludes halogenated alkanes) is 2.